The number of rotatable bonds is 6. The van der Waals surface area contributed by atoms with E-state index in [4.69, 9.17) is 14.7 Å². The quantitative estimate of drug-likeness (QED) is 0.158. The van der Waals surface area contributed by atoms with Crippen molar-refractivity contribution < 1.29 is 4.74 Å². The number of hydrogen-bond donors (Lipinski definition) is 0. The van der Waals surface area contributed by atoms with Crippen LogP contribution < -0.4 is 4.74 Å². The lowest BCUT2D eigenvalue weighted by Gasteiger charge is -2.22. The van der Waals surface area contributed by atoms with E-state index in [1.54, 1.807) is 0 Å². The van der Waals surface area contributed by atoms with Gasteiger partial charge < -0.3 is 4.74 Å². The highest BCUT2D eigenvalue weighted by molar-refractivity contribution is 6.21. The zero-order valence-corrected chi connectivity index (χ0v) is 35.2. The van der Waals surface area contributed by atoms with E-state index in [2.05, 4.69) is 184 Å². The van der Waals surface area contributed by atoms with Gasteiger partial charge in [-0.2, -0.15) is 0 Å². The number of benzene rings is 7. The summed E-state index contributed by atoms with van der Waals surface area (Å²) in [5.41, 5.74) is 18.8. The normalized spacial score (nSPS) is 11.8. The molecule has 0 spiro atoms. The Morgan fingerprint density at radius 2 is 1.02 bits per heavy atom. The second kappa shape index (κ2) is 14.1. The van der Waals surface area contributed by atoms with Gasteiger partial charge >= 0.3 is 0 Å². The average Bonchev–Trinajstić information content (AvgIpc) is 3.84. The summed E-state index contributed by atoms with van der Waals surface area (Å²) in [6.45, 7) is 13.3. The summed E-state index contributed by atoms with van der Waals surface area (Å²) in [6, 6.07) is 51.9. The molecule has 0 aliphatic carbocycles. The van der Waals surface area contributed by atoms with Crippen molar-refractivity contribution in [3.8, 4) is 50.8 Å². The predicted octanol–water partition coefficient (Wildman–Crippen LogP) is 14.8. The second-order valence-electron chi connectivity index (χ2n) is 16.5. The van der Waals surface area contributed by atoms with Crippen molar-refractivity contribution >= 4 is 49.1 Å². The summed E-state index contributed by atoms with van der Waals surface area (Å²) in [6.07, 6.45) is 3.91. The summed E-state index contributed by atoms with van der Waals surface area (Å²) in [4.78, 5) is 10.1. The molecule has 0 fully saturated rings. The summed E-state index contributed by atoms with van der Waals surface area (Å²) < 4.78 is 11.5. The first kappa shape index (κ1) is 36.6. The minimum absolute atomic E-state index is 0.741. The van der Waals surface area contributed by atoms with Gasteiger partial charge in [-0.05, 0) is 146 Å². The van der Waals surface area contributed by atoms with Gasteiger partial charge in [0.25, 0.3) is 0 Å². The first-order chi connectivity index (χ1) is 29.8. The monoisotopic (exact) mass is 788 g/mol. The third-order valence-electron chi connectivity index (χ3n) is 12.7. The highest BCUT2D eigenvalue weighted by atomic mass is 16.5. The molecular weight excluding hydrogens is 745 g/mol. The molecule has 61 heavy (non-hydrogen) atoms. The summed E-state index contributed by atoms with van der Waals surface area (Å²) in [5, 5.41) is 5.67. The molecule has 0 aliphatic rings. The van der Waals surface area contributed by atoms with Crippen LogP contribution in [-0.2, 0) is 0 Å². The van der Waals surface area contributed by atoms with E-state index in [1.807, 2.05) is 24.4 Å². The van der Waals surface area contributed by atoms with Crippen LogP contribution >= 0.6 is 0 Å². The molecule has 11 aromatic rings. The van der Waals surface area contributed by atoms with Gasteiger partial charge in [0.2, 0.25) is 0 Å². The lowest BCUT2D eigenvalue weighted by molar-refractivity contribution is 0.484. The Kier molecular flexibility index (Phi) is 8.43. The Bertz CT molecular complexity index is 3510. The fraction of sp³-hybridized carbons (Fsp3) is 0.107. The molecule has 0 N–H and O–H groups in total. The maximum atomic E-state index is 6.88. The van der Waals surface area contributed by atoms with Crippen LogP contribution in [0.2, 0.25) is 0 Å². The molecule has 294 valence electrons. The van der Waals surface area contributed by atoms with Gasteiger partial charge in [-0.25, -0.2) is 9.97 Å². The SMILES string of the molecule is Cc1cccc(C)c1-c1ccc(-c2c(C)cccc2C)c2c1c1ccc(Oc3ccc4c5ccccc5n(-c5ccccn5)c4c3)cc1c1ncc(-c3c(C)cccc3C)n12. The molecule has 0 radical (unpaired) electrons. The molecule has 0 saturated heterocycles. The number of ether oxygens (including phenoxy) is 1. The zero-order chi connectivity index (χ0) is 41.5. The van der Waals surface area contributed by atoms with Gasteiger partial charge in [-0.15, -0.1) is 0 Å². The standard InChI is InChI=1S/C56H44N4O/c1-33-14-11-15-34(2)51(33)44-27-28-45(52-35(3)16-12-17-36(52)4)55-54(44)43-26-24-39(30-46(43)56-58-32-49(60(55)56)53-37(5)18-13-19-38(53)6)61-40-23-25-42-41-20-7-8-21-47(41)59(48(42)31-40)50-22-9-10-29-57-50/h7-32H,1-6H3. The summed E-state index contributed by atoms with van der Waals surface area (Å²) in [5.74, 6) is 2.35. The van der Waals surface area contributed by atoms with Crippen molar-refractivity contribution in [2.45, 2.75) is 41.5 Å². The Labute approximate surface area is 355 Å². The van der Waals surface area contributed by atoms with Gasteiger partial charge in [0.1, 0.15) is 23.0 Å². The van der Waals surface area contributed by atoms with Crippen LogP contribution in [0.5, 0.6) is 11.5 Å². The molecule has 0 amide bonds. The number of pyridine rings is 2. The fourth-order valence-corrected chi connectivity index (χ4v) is 10.0. The highest BCUT2D eigenvalue weighted by Gasteiger charge is 2.24. The molecule has 0 aliphatic heterocycles. The maximum absolute atomic E-state index is 6.88. The summed E-state index contributed by atoms with van der Waals surface area (Å²) in [7, 11) is 0. The van der Waals surface area contributed by atoms with Crippen molar-refractivity contribution in [1.29, 1.82) is 0 Å². The van der Waals surface area contributed by atoms with E-state index in [1.165, 1.54) is 72.0 Å². The van der Waals surface area contributed by atoms with Crippen LogP contribution in [0.25, 0.3) is 88.5 Å². The Morgan fingerprint density at radius 1 is 0.443 bits per heavy atom. The van der Waals surface area contributed by atoms with Crippen LogP contribution in [0.4, 0.5) is 0 Å². The van der Waals surface area contributed by atoms with Crippen molar-refractivity contribution in [2.24, 2.45) is 0 Å². The number of para-hydroxylation sites is 1. The van der Waals surface area contributed by atoms with Gasteiger partial charge in [-0.1, -0.05) is 91.0 Å². The van der Waals surface area contributed by atoms with Crippen molar-refractivity contribution in [1.82, 2.24) is 18.9 Å². The van der Waals surface area contributed by atoms with Crippen LogP contribution in [0, 0.1) is 41.5 Å². The molecule has 0 atom stereocenters. The minimum Gasteiger partial charge on any atom is -0.457 e. The molecule has 4 aromatic heterocycles. The largest absolute Gasteiger partial charge is 0.457 e. The Hall–Kier alpha value is -7.50. The topological polar surface area (TPSA) is 44.3 Å². The van der Waals surface area contributed by atoms with E-state index in [0.717, 1.165) is 61.4 Å². The van der Waals surface area contributed by atoms with E-state index >= 15 is 0 Å². The number of aromatic nitrogens is 4. The lowest BCUT2D eigenvalue weighted by atomic mass is 9.86. The van der Waals surface area contributed by atoms with Crippen LogP contribution in [0.1, 0.15) is 33.4 Å². The molecule has 0 bridgehead atoms. The number of nitrogens with zero attached hydrogens (tertiary/aromatic N) is 4. The van der Waals surface area contributed by atoms with Crippen LogP contribution in [0.3, 0.4) is 0 Å². The average molecular weight is 789 g/mol. The molecular formula is C56H44N4O. The lowest BCUT2D eigenvalue weighted by Crippen LogP contribution is -2.02. The van der Waals surface area contributed by atoms with Crippen molar-refractivity contribution in [3.63, 3.8) is 0 Å². The number of imidazole rings is 1. The van der Waals surface area contributed by atoms with E-state index < -0.39 is 0 Å². The third kappa shape index (κ3) is 5.68. The van der Waals surface area contributed by atoms with Crippen LogP contribution in [0.15, 0.2) is 158 Å². The Balaban J connectivity index is 1.22. The molecule has 5 nitrogen and oxygen atoms in total. The van der Waals surface area contributed by atoms with Crippen LogP contribution in [-0.4, -0.2) is 18.9 Å². The minimum atomic E-state index is 0.741. The smallest absolute Gasteiger partial charge is 0.145 e. The molecule has 7 aromatic carbocycles. The highest BCUT2D eigenvalue weighted by Crippen LogP contribution is 2.47. The number of aryl methyl sites for hydroxylation is 6. The molecule has 0 unspecified atom stereocenters. The Morgan fingerprint density at radius 3 is 1.69 bits per heavy atom. The second-order valence-corrected chi connectivity index (χ2v) is 16.5. The maximum Gasteiger partial charge on any atom is 0.145 e. The van der Waals surface area contributed by atoms with E-state index in [9.17, 15) is 0 Å². The zero-order valence-electron chi connectivity index (χ0n) is 35.2. The first-order valence-electron chi connectivity index (χ1n) is 21.0. The molecule has 0 saturated carbocycles. The molecule has 11 rings (SSSR count). The first-order valence-corrected chi connectivity index (χ1v) is 21.0. The van der Waals surface area contributed by atoms with Crippen molar-refractivity contribution in [3.05, 3.63) is 191 Å². The van der Waals surface area contributed by atoms with Gasteiger partial charge in [0.15, 0.2) is 0 Å². The molecule has 5 heteroatoms. The van der Waals surface area contributed by atoms with Gasteiger partial charge in [0, 0.05) is 44.9 Å². The molecule has 4 heterocycles. The predicted molar refractivity (Wildman–Crippen MR) is 254 cm³/mol. The fourth-order valence-electron chi connectivity index (χ4n) is 10.0. The van der Waals surface area contributed by atoms with E-state index in [0.29, 0.717) is 0 Å². The summed E-state index contributed by atoms with van der Waals surface area (Å²) >= 11 is 0. The van der Waals surface area contributed by atoms with E-state index in [-0.39, 0.29) is 0 Å². The number of hydrogen-bond acceptors (Lipinski definition) is 3. The third-order valence-corrected chi connectivity index (χ3v) is 12.7. The van der Waals surface area contributed by atoms with Gasteiger partial charge in [0.05, 0.1) is 28.4 Å². The number of fused-ring (bicyclic) bond motifs is 9. The van der Waals surface area contributed by atoms with Gasteiger partial charge in [-0.3, -0.25) is 8.97 Å². The van der Waals surface area contributed by atoms with Crippen molar-refractivity contribution in [2.75, 3.05) is 0 Å².